The average Bonchev–Trinajstić information content (AvgIpc) is 3.69. The molecule has 3 N–H and O–H groups in total. The first-order chi connectivity index (χ1) is 21.1. The number of hydrogen-bond acceptors (Lipinski definition) is 8. The van der Waals surface area contributed by atoms with Crippen molar-refractivity contribution < 1.29 is 78.7 Å². The third-order valence-corrected chi connectivity index (χ3v) is 6.80. The molecule has 12 nitrogen and oxygen atoms in total. The molecule has 3 saturated heterocycles. The first kappa shape index (κ1) is 40.9. The smallest absolute Gasteiger partial charge is 0.475 e. The van der Waals surface area contributed by atoms with Crippen molar-refractivity contribution in [2.75, 3.05) is 39.4 Å². The van der Waals surface area contributed by atoms with Crippen LogP contribution in [0.3, 0.4) is 0 Å². The van der Waals surface area contributed by atoms with E-state index in [9.17, 15) is 39.5 Å². The second-order valence-corrected chi connectivity index (χ2v) is 10.2. The van der Waals surface area contributed by atoms with Crippen molar-refractivity contribution in [3.8, 4) is 0 Å². The molecule has 21 heteroatoms. The fourth-order valence-corrected chi connectivity index (χ4v) is 4.55. The van der Waals surface area contributed by atoms with Crippen LogP contribution in [0.2, 0.25) is 0 Å². The van der Waals surface area contributed by atoms with E-state index in [0.717, 1.165) is 51.5 Å². The van der Waals surface area contributed by atoms with E-state index in [1.165, 1.54) is 32.4 Å². The van der Waals surface area contributed by atoms with Gasteiger partial charge in [-0.1, -0.05) is 0 Å². The van der Waals surface area contributed by atoms with Crippen LogP contribution in [0.1, 0.15) is 37.9 Å². The molecule has 46 heavy (non-hydrogen) atoms. The topological polar surface area (TPSA) is 155 Å². The van der Waals surface area contributed by atoms with Gasteiger partial charge < -0.3 is 34.3 Å². The molecule has 4 rings (SSSR count). The lowest BCUT2D eigenvalue weighted by atomic mass is 9.99. The third kappa shape index (κ3) is 15.4. The first-order valence-corrected chi connectivity index (χ1v) is 13.7. The van der Waals surface area contributed by atoms with Crippen LogP contribution in [0.4, 0.5) is 39.5 Å². The van der Waals surface area contributed by atoms with Gasteiger partial charge in [-0.25, -0.2) is 19.4 Å². The minimum absolute atomic E-state index is 0.285. The second-order valence-electron chi connectivity index (χ2n) is 10.2. The molecule has 1 aromatic heterocycles. The van der Waals surface area contributed by atoms with Crippen LogP contribution >= 0.6 is 0 Å². The molecular formula is C25H35F9N4O8. The van der Waals surface area contributed by atoms with Crippen molar-refractivity contribution in [3.63, 3.8) is 0 Å². The molecule has 266 valence electrons. The Hall–Kier alpha value is -3.17. The van der Waals surface area contributed by atoms with Gasteiger partial charge in [0, 0.05) is 38.6 Å². The molecule has 3 aliphatic rings. The van der Waals surface area contributed by atoms with Crippen LogP contribution in [0.15, 0.2) is 12.4 Å². The number of likely N-dealkylation sites (tertiary alicyclic amines) is 2. The zero-order chi connectivity index (χ0) is 35.3. The number of aromatic nitrogens is 2. The standard InChI is InChI=1S/C19H32N4O2.3C2HF3O2/c1-21-11-7-20-19(21)14-23-10-6-18-17(23)5-4-16(25-18)15-24-13-12-22-8-2-3-9-22;3*3-2(4,5)1(6)7/h7,11,16-18H,2-6,8-10,12-15H2,1H3;3*(H,6,7)/t16-,17+,18+;;;/m1.../s1. The summed E-state index contributed by atoms with van der Waals surface area (Å²) < 4.78 is 110. The predicted octanol–water partition coefficient (Wildman–Crippen LogP) is 3.55. The Bertz CT molecular complexity index is 1040. The SMILES string of the molecule is Cn1ccnc1CN1CC[C@@H]2O[C@@H](COCCN3CCCC3)CC[C@@H]21.O=C(O)C(F)(F)F.O=C(O)C(F)(F)F.O=C(O)C(F)(F)F. The Balaban J connectivity index is 0.000000413. The Morgan fingerprint density at radius 3 is 1.80 bits per heavy atom. The van der Waals surface area contributed by atoms with Crippen LogP contribution in [0, 0.1) is 0 Å². The third-order valence-electron chi connectivity index (χ3n) is 6.80. The van der Waals surface area contributed by atoms with Crippen molar-refractivity contribution >= 4 is 17.9 Å². The zero-order valence-electron chi connectivity index (χ0n) is 24.4. The Kier molecular flexibility index (Phi) is 16.2. The molecule has 3 atom stereocenters. The molecule has 0 aliphatic carbocycles. The molecule has 3 fully saturated rings. The number of carbonyl (C=O) groups is 3. The number of carboxylic acids is 3. The lowest BCUT2D eigenvalue weighted by Gasteiger charge is -2.36. The summed E-state index contributed by atoms with van der Waals surface area (Å²) >= 11 is 0. The van der Waals surface area contributed by atoms with Gasteiger partial charge in [0.05, 0.1) is 32.0 Å². The lowest BCUT2D eigenvalue weighted by Crippen LogP contribution is -2.44. The largest absolute Gasteiger partial charge is 0.490 e. The number of halogens is 9. The number of imidazole rings is 1. The second kappa shape index (κ2) is 18.2. The highest BCUT2D eigenvalue weighted by molar-refractivity contribution is 5.73. The van der Waals surface area contributed by atoms with Crippen LogP contribution in [0.25, 0.3) is 0 Å². The Labute approximate surface area is 256 Å². The number of nitrogens with zero attached hydrogens (tertiary/aromatic N) is 4. The average molecular weight is 691 g/mol. The van der Waals surface area contributed by atoms with Gasteiger partial charge in [-0.05, 0) is 45.2 Å². The van der Waals surface area contributed by atoms with E-state index in [1.807, 2.05) is 12.4 Å². The number of ether oxygens (including phenoxy) is 2. The van der Waals surface area contributed by atoms with E-state index >= 15 is 0 Å². The Morgan fingerprint density at radius 2 is 1.37 bits per heavy atom. The summed E-state index contributed by atoms with van der Waals surface area (Å²) in [5.41, 5.74) is 0. The summed E-state index contributed by atoms with van der Waals surface area (Å²) in [7, 11) is 2.07. The van der Waals surface area contributed by atoms with Gasteiger partial charge in [-0.15, -0.1) is 0 Å². The number of fused-ring (bicyclic) bond motifs is 1. The van der Waals surface area contributed by atoms with Crippen molar-refractivity contribution in [3.05, 3.63) is 18.2 Å². The van der Waals surface area contributed by atoms with Gasteiger partial charge in [0.15, 0.2) is 0 Å². The van der Waals surface area contributed by atoms with Gasteiger partial charge in [0.2, 0.25) is 0 Å². The monoisotopic (exact) mass is 690 g/mol. The molecule has 0 bridgehead atoms. The molecule has 1 aromatic rings. The summed E-state index contributed by atoms with van der Waals surface area (Å²) in [6.45, 7) is 7.24. The van der Waals surface area contributed by atoms with E-state index in [2.05, 4.69) is 26.4 Å². The summed E-state index contributed by atoms with van der Waals surface area (Å²) in [5.74, 6) is -7.12. The van der Waals surface area contributed by atoms with Crippen LogP contribution in [-0.2, 0) is 37.4 Å². The lowest BCUT2D eigenvalue weighted by molar-refractivity contribution is -0.193. The Morgan fingerprint density at radius 1 is 0.870 bits per heavy atom. The summed E-state index contributed by atoms with van der Waals surface area (Å²) in [6, 6.07) is 0.553. The molecule has 0 aromatic carbocycles. The molecule has 0 radical (unpaired) electrons. The molecule has 0 unspecified atom stereocenters. The van der Waals surface area contributed by atoms with Gasteiger partial charge in [-0.3, -0.25) is 4.90 Å². The molecule has 0 spiro atoms. The number of rotatable bonds is 7. The minimum Gasteiger partial charge on any atom is -0.475 e. The molecular weight excluding hydrogens is 655 g/mol. The molecule has 4 heterocycles. The minimum atomic E-state index is -5.08. The molecule has 3 aliphatic heterocycles. The van der Waals surface area contributed by atoms with Crippen LogP contribution in [-0.4, -0.2) is 129 Å². The number of aryl methyl sites for hydroxylation is 1. The number of aliphatic carboxylic acids is 3. The fourth-order valence-electron chi connectivity index (χ4n) is 4.55. The van der Waals surface area contributed by atoms with Gasteiger partial charge in [-0.2, -0.15) is 39.5 Å². The van der Waals surface area contributed by atoms with E-state index in [0.29, 0.717) is 12.1 Å². The maximum absolute atomic E-state index is 10.6. The predicted molar refractivity (Wildman–Crippen MR) is 137 cm³/mol. The molecule has 0 amide bonds. The van der Waals surface area contributed by atoms with Crippen LogP contribution in [0.5, 0.6) is 0 Å². The van der Waals surface area contributed by atoms with E-state index in [1.54, 1.807) is 0 Å². The summed E-state index contributed by atoms with van der Waals surface area (Å²) in [6.07, 6.45) is -4.51. The maximum atomic E-state index is 10.6. The summed E-state index contributed by atoms with van der Waals surface area (Å²) in [4.78, 5) is 36.2. The quantitative estimate of drug-likeness (QED) is 0.284. The highest BCUT2D eigenvalue weighted by atomic mass is 19.4. The van der Waals surface area contributed by atoms with Crippen molar-refractivity contribution in [2.24, 2.45) is 7.05 Å². The van der Waals surface area contributed by atoms with Crippen LogP contribution < -0.4 is 0 Å². The normalized spacial score (nSPS) is 21.9. The zero-order valence-corrected chi connectivity index (χ0v) is 24.4. The first-order valence-electron chi connectivity index (χ1n) is 13.7. The highest BCUT2D eigenvalue weighted by Gasteiger charge is 2.41. The van der Waals surface area contributed by atoms with Gasteiger partial charge >= 0.3 is 36.4 Å². The number of hydrogen-bond donors (Lipinski definition) is 3. The number of alkyl halides is 9. The van der Waals surface area contributed by atoms with E-state index in [4.69, 9.17) is 39.2 Å². The van der Waals surface area contributed by atoms with Crippen molar-refractivity contribution in [2.45, 2.75) is 75.4 Å². The van der Waals surface area contributed by atoms with Gasteiger partial charge in [0.25, 0.3) is 0 Å². The van der Waals surface area contributed by atoms with Gasteiger partial charge in [0.1, 0.15) is 5.82 Å². The maximum Gasteiger partial charge on any atom is 0.490 e. The highest BCUT2D eigenvalue weighted by Crippen LogP contribution is 2.32. The molecule has 0 saturated carbocycles. The fraction of sp³-hybridized carbons (Fsp3) is 0.760. The summed E-state index contributed by atoms with van der Waals surface area (Å²) in [5, 5.41) is 21.4. The number of carboxylic acid groups (broad SMARTS) is 3. The van der Waals surface area contributed by atoms with E-state index in [-0.39, 0.29) is 6.10 Å². The van der Waals surface area contributed by atoms with E-state index < -0.39 is 36.4 Å². The van der Waals surface area contributed by atoms with Crippen molar-refractivity contribution in [1.82, 2.24) is 19.4 Å². The van der Waals surface area contributed by atoms with Crippen molar-refractivity contribution in [1.29, 1.82) is 0 Å².